The molecule has 0 bridgehead atoms. The molecule has 0 aromatic heterocycles. The van der Waals surface area contributed by atoms with E-state index in [4.69, 9.17) is 9.47 Å². The van der Waals surface area contributed by atoms with Crippen LogP contribution >= 0.6 is 0 Å². The lowest BCUT2D eigenvalue weighted by Crippen LogP contribution is -2.19. The van der Waals surface area contributed by atoms with Gasteiger partial charge in [-0.05, 0) is 76.0 Å². The molecule has 2 aliphatic carbocycles. The Bertz CT molecular complexity index is 339. The summed E-state index contributed by atoms with van der Waals surface area (Å²) in [5.41, 5.74) is 0. The molecule has 2 unspecified atom stereocenters. The predicted molar refractivity (Wildman–Crippen MR) is 88.7 cm³/mol. The highest BCUT2D eigenvalue weighted by Crippen LogP contribution is 2.21. The third-order valence-electron chi connectivity index (χ3n) is 4.66. The van der Waals surface area contributed by atoms with Crippen molar-refractivity contribution in [2.24, 2.45) is 11.8 Å². The van der Waals surface area contributed by atoms with Crippen molar-refractivity contribution in [1.29, 1.82) is 0 Å². The van der Waals surface area contributed by atoms with Crippen molar-refractivity contribution in [3.63, 3.8) is 0 Å². The molecule has 124 valence electrons. The number of rotatable bonds is 4. The van der Waals surface area contributed by atoms with Crippen LogP contribution in [0.25, 0.3) is 0 Å². The number of hydrogen-bond donors (Lipinski definition) is 0. The molecule has 0 fully saturated rings. The smallest absolute Gasteiger partial charge is 0.434 e. The molecule has 0 aromatic carbocycles. The third-order valence-corrected chi connectivity index (χ3v) is 4.66. The van der Waals surface area contributed by atoms with E-state index in [9.17, 15) is 4.79 Å². The van der Waals surface area contributed by atoms with Gasteiger partial charge in [-0.25, -0.2) is 4.79 Å². The van der Waals surface area contributed by atoms with Gasteiger partial charge in [-0.1, -0.05) is 24.3 Å². The van der Waals surface area contributed by atoms with Crippen LogP contribution in [0.4, 0.5) is 4.79 Å². The Morgan fingerprint density at radius 3 is 1.68 bits per heavy atom. The van der Waals surface area contributed by atoms with E-state index in [0.717, 1.165) is 51.4 Å². The van der Waals surface area contributed by atoms with Gasteiger partial charge in [-0.3, -0.25) is 0 Å². The molecular formula is C19H30O3. The highest BCUT2D eigenvalue weighted by Gasteiger charge is 2.16. The molecule has 0 amide bonds. The monoisotopic (exact) mass is 306 g/mol. The molecule has 3 nitrogen and oxygen atoms in total. The van der Waals surface area contributed by atoms with Crippen molar-refractivity contribution in [2.45, 2.75) is 64.2 Å². The van der Waals surface area contributed by atoms with Gasteiger partial charge >= 0.3 is 6.16 Å². The van der Waals surface area contributed by atoms with Crippen LogP contribution in [0.1, 0.15) is 64.2 Å². The van der Waals surface area contributed by atoms with E-state index in [2.05, 4.69) is 24.3 Å². The molecular weight excluding hydrogens is 276 g/mol. The largest absolute Gasteiger partial charge is 0.508 e. The number of carbonyl (C=O) groups is 1. The summed E-state index contributed by atoms with van der Waals surface area (Å²) in [4.78, 5) is 11.8. The first-order valence-corrected chi connectivity index (χ1v) is 8.94. The molecule has 0 saturated heterocycles. The molecule has 0 aromatic rings. The fourth-order valence-corrected chi connectivity index (χ4v) is 3.22. The van der Waals surface area contributed by atoms with E-state index < -0.39 is 6.16 Å². The van der Waals surface area contributed by atoms with Gasteiger partial charge in [-0.2, -0.15) is 0 Å². The zero-order chi connectivity index (χ0) is 15.5. The topological polar surface area (TPSA) is 35.5 Å². The Hall–Kier alpha value is -1.25. The zero-order valence-electron chi connectivity index (χ0n) is 13.7. The first-order valence-electron chi connectivity index (χ1n) is 8.94. The second-order valence-electron chi connectivity index (χ2n) is 6.56. The first-order chi connectivity index (χ1) is 10.8. The summed E-state index contributed by atoms with van der Waals surface area (Å²) < 4.78 is 10.7. The highest BCUT2D eigenvalue weighted by atomic mass is 16.7. The number of ether oxygens (including phenoxy) is 2. The number of carbonyl (C=O) groups excluding carboxylic acids is 1. The number of allylic oxidation sites excluding steroid dienone is 4. The van der Waals surface area contributed by atoms with Crippen LogP contribution in [-0.2, 0) is 9.47 Å². The summed E-state index contributed by atoms with van der Waals surface area (Å²) in [5.74, 6) is 0.980. The molecule has 0 radical (unpaired) electrons. The van der Waals surface area contributed by atoms with Gasteiger partial charge in [0, 0.05) is 0 Å². The van der Waals surface area contributed by atoms with E-state index in [-0.39, 0.29) is 0 Å². The standard InChI is InChI=1S/C19H30O3/c20-19(21-15-17-11-7-3-1-4-8-12-17)22-16-18-13-9-5-2-6-10-14-18/h1-3,5,17-18H,4,6-16H2/b3-1-,5-2-. The zero-order valence-corrected chi connectivity index (χ0v) is 13.7. The van der Waals surface area contributed by atoms with Crippen molar-refractivity contribution in [3.8, 4) is 0 Å². The van der Waals surface area contributed by atoms with Crippen LogP contribution in [-0.4, -0.2) is 19.4 Å². The Labute approximate surface area is 134 Å². The normalized spacial score (nSPS) is 29.3. The Kier molecular flexibility index (Phi) is 8.14. The second kappa shape index (κ2) is 10.5. The van der Waals surface area contributed by atoms with E-state index in [1.54, 1.807) is 0 Å². The lowest BCUT2D eigenvalue weighted by Gasteiger charge is -2.19. The lowest BCUT2D eigenvalue weighted by molar-refractivity contribution is 0.0307. The maximum Gasteiger partial charge on any atom is 0.508 e. The van der Waals surface area contributed by atoms with Gasteiger partial charge in [0.2, 0.25) is 0 Å². The molecule has 0 heterocycles. The molecule has 0 aliphatic heterocycles. The maximum absolute atomic E-state index is 11.8. The minimum absolute atomic E-state index is 0.477. The first kappa shape index (κ1) is 17.1. The van der Waals surface area contributed by atoms with Crippen LogP contribution < -0.4 is 0 Å². The summed E-state index contributed by atoms with van der Waals surface area (Å²) in [6, 6.07) is 0. The van der Waals surface area contributed by atoms with E-state index in [1.807, 2.05) is 0 Å². The van der Waals surface area contributed by atoms with Crippen LogP contribution in [0.3, 0.4) is 0 Å². The highest BCUT2D eigenvalue weighted by molar-refractivity contribution is 5.59. The molecule has 0 saturated carbocycles. The molecule has 2 aliphatic rings. The summed E-state index contributed by atoms with van der Waals surface area (Å²) in [5, 5.41) is 0. The lowest BCUT2D eigenvalue weighted by atomic mass is 9.95. The Morgan fingerprint density at radius 1 is 0.727 bits per heavy atom. The molecule has 0 spiro atoms. The molecule has 3 heteroatoms. The average Bonchev–Trinajstić information content (AvgIpc) is 2.45. The van der Waals surface area contributed by atoms with Crippen molar-refractivity contribution >= 4 is 6.16 Å². The van der Waals surface area contributed by atoms with Crippen LogP contribution in [0, 0.1) is 11.8 Å². The van der Waals surface area contributed by atoms with E-state index in [0.29, 0.717) is 25.0 Å². The van der Waals surface area contributed by atoms with Gasteiger partial charge in [0.15, 0.2) is 0 Å². The minimum atomic E-state index is -0.477. The SMILES string of the molecule is O=C(OCC1CC/C=C\CCC1)OCC1CC/C=C\CCC1. The fourth-order valence-electron chi connectivity index (χ4n) is 3.22. The second-order valence-corrected chi connectivity index (χ2v) is 6.56. The van der Waals surface area contributed by atoms with Gasteiger partial charge in [-0.15, -0.1) is 0 Å². The van der Waals surface area contributed by atoms with Crippen molar-refractivity contribution in [1.82, 2.24) is 0 Å². The third kappa shape index (κ3) is 7.15. The van der Waals surface area contributed by atoms with Crippen LogP contribution in [0.15, 0.2) is 24.3 Å². The molecule has 2 atom stereocenters. The fraction of sp³-hybridized carbons (Fsp3) is 0.737. The summed E-state index contributed by atoms with van der Waals surface area (Å²) in [6.07, 6.45) is 19.9. The van der Waals surface area contributed by atoms with Gasteiger partial charge in [0.1, 0.15) is 0 Å². The average molecular weight is 306 g/mol. The maximum atomic E-state index is 11.8. The Morgan fingerprint density at radius 2 is 1.18 bits per heavy atom. The van der Waals surface area contributed by atoms with Gasteiger partial charge in [0.25, 0.3) is 0 Å². The van der Waals surface area contributed by atoms with Gasteiger partial charge in [0.05, 0.1) is 13.2 Å². The summed E-state index contributed by atoms with van der Waals surface area (Å²) in [7, 11) is 0. The number of hydrogen-bond acceptors (Lipinski definition) is 3. The molecule has 2 rings (SSSR count). The molecule has 22 heavy (non-hydrogen) atoms. The molecule has 0 N–H and O–H groups in total. The predicted octanol–water partition coefficient (Wildman–Crippen LogP) is 5.41. The quantitative estimate of drug-likeness (QED) is 0.514. The van der Waals surface area contributed by atoms with Crippen LogP contribution in [0.5, 0.6) is 0 Å². The minimum Gasteiger partial charge on any atom is -0.434 e. The van der Waals surface area contributed by atoms with E-state index in [1.165, 1.54) is 12.8 Å². The van der Waals surface area contributed by atoms with Crippen molar-refractivity contribution < 1.29 is 14.3 Å². The Balaban J connectivity index is 1.60. The summed E-state index contributed by atoms with van der Waals surface area (Å²) in [6.45, 7) is 1.03. The van der Waals surface area contributed by atoms with E-state index >= 15 is 0 Å². The van der Waals surface area contributed by atoms with Crippen molar-refractivity contribution in [3.05, 3.63) is 24.3 Å². The summed E-state index contributed by atoms with van der Waals surface area (Å²) >= 11 is 0. The van der Waals surface area contributed by atoms with Crippen LogP contribution in [0.2, 0.25) is 0 Å². The van der Waals surface area contributed by atoms with Gasteiger partial charge < -0.3 is 9.47 Å². The van der Waals surface area contributed by atoms with Crippen molar-refractivity contribution in [2.75, 3.05) is 13.2 Å².